The van der Waals surface area contributed by atoms with Crippen molar-refractivity contribution in [1.82, 2.24) is 9.78 Å². The van der Waals surface area contributed by atoms with Gasteiger partial charge < -0.3 is 5.73 Å². The van der Waals surface area contributed by atoms with E-state index < -0.39 is 0 Å². The highest BCUT2D eigenvalue weighted by Crippen LogP contribution is 2.35. The number of halogens is 1. The topological polar surface area (TPSA) is 43.8 Å². The maximum absolute atomic E-state index is 13.0. The van der Waals surface area contributed by atoms with Crippen LogP contribution in [0.15, 0.2) is 24.3 Å². The Balaban J connectivity index is 2.51. The Bertz CT molecular complexity index is 558. The summed E-state index contributed by atoms with van der Waals surface area (Å²) in [6.45, 7) is 4.30. The zero-order valence-electron chi connectivity index (χ0n) is 11.7. The zero-order valence-corrected chi connectivity index (χ0v) is 11.7. The van der Waals surface area contributed by atoms with E-state index in [9.17, 15) is 4.39 Å². The molecule has 19 heavy (non-hydrogen) atoms. The number of hydrogen-bond acceptors (Lipinski definition) is 2. The number of aryl methyl sites for hydroxylation is 1. The highest BCUT2D eigenvalue weighted by Gasteiger charge is 2.20. The van der Waals surface area contributed by atoms with Crippen molar-refractivity contribution in [2.45, 2.75) is 32.6 Å². The third kappa shape index (κ3) is 2.62. The molecule has 0 fully saturated rings. The maximum atomic E-state index is 13.0. The van der Waals surface area contributed by atoms with Crippen LogP contribution in [-0.2, 0) is 7.05 Å². The number of hydrogen-bond donors (Lipinski definition) is 1. The molecule has 102 valence electrons. The Morgan fingerprint density at radius 2 is 1.95 bits per heavy atom. The van der Waals surface area contributed by atoms with Crippen molar-refractivity contribution in [1.29, 1.82) is 0 Å². The third-order valence-electron chi connectivity index (χ3n) is 3.44. The van der Waals surface area contributed by atoms with Crippen molar-refractivity contribution in [3.8, 4) is 11.1 Å². The molecule has 2 rings (SSSR count). The van der Waals surface area contributed by atoms with Gasteiger partial charge in [-0.3, -0.25) is 4.68 Å². The molecule has 1 atom stereocenters. The van der Waals surface area contributed by atoms with Gasteiger partial charge in [-0.2, -0.15) is 5.10 Å². The fourth-order valence-electron chi connectivity index (χ4n) is 2.39. The summed E-state index contributed by atoms with van der Waals surface area (Å²) >= 11 is 0. The van der Waals surface area contributed by atoms with Gasteiger partial charge in [0.25, 0.3) is 0 Å². The number of nitrogens with two attached hydrogens (primary N) is 1. The highest BCUT2D eigenvalue weighted by atomic mass is 19.1. The first-order valence-corrected chi connectivity index (χ1v) is 6.62. The lowest BCUT2D eigenvalue weighted by molar-refractivity contribution is 0.626. The van der Waals surface area contributed by atoms with E-state index in [0.717, 1.165) is 29.7 Å². The molecule has 0 spiro atoms. The van der Waals surface area contributed by atoms with Crippen molar-refractivity contribution in [3.63, 3.8) is 0 Å². The van der Waals surface area contributed by atoms with Crippen molar-refractivity contribution in [2.75, 3.05) is 5.73 Å². The van der Waals surface area contributed by atoms with E-state index in [1.54, 1.807) is 16.8 Å². The zero-order chi connectivity index (χ0) is 14.0. The summed E-state index contributed by atoms with van der Waals surface area (Å²) in [6.07, 6.45) is 2.16. The van der Waals surface area contributed by atoms with Gasteiger partial charge in [0.1, 0.15) is 11.6 Å². The predicted octanol–water partition coefficient (Wildman–Crippen LogP) is 3.71. The summed E-state index contributed by atoms with van der Waals surface area (Å²) in [5.41, 5.74) is 8.96. The number of benzene rings is 1. The third-order valence-corrected chi connectivity index (χ3v) is 3.44. The molecule has 2 N–H and O–H groups in total. The molecular weight excluding hydrogens is 241 g/mol. The van der Waals surface area contributed by atoms with E-state index in [4.69, 9.17) is 5.73 Å². The van der Waals surface area contributed by atoms with Crippen molar-refractivity contribution < 1.29 is 4.39 Å². The maximum Gasteiger partial charge on any atom is 0.129 e. The van der Waals surface area contributed by atoms with Crippen LogP contribution in [0.3, 0.4) is 0 Å². The Hall–Kier alpha value is -1.84. The fraction of sp³-hybridized carbons (Fsp3) is 0.400. The normalized spacial score (nSPS) is 12.6. The second kappa shape index (κ2) is 5.43. The van der Waals surface area contributed by atoms with Gasteiger partial charge in [-0.05, 0) is 24.1 Å². The molecule has 0 saturated heterocycles. The monoisotopic (exact) mass is 261 g/mol. The average Bonchev–Trinajstić information content (AvgIpc) is 2.68. The van der Waals surface area contributed by atoms with Crippen LogP contribution >= 0.6 is 0 Å². The first-order chi connectivity index (χ1) is 9.04. The number of anilines is 1. The van der Waals surface area contributed by atoms with E-state index in [1.165, 1.54) is 12.1 Å². The highest BCUT2D eigenvalue weighted by molar-refractivity contribution is 5.77. The molecule has 0 aliphatic carbocycles. The minimum Gasteiger partial charge on any atom is -0.383 e. The lowest BCUT2D eigenvalue weighted by Gasteiger charge is -2.10. The molecule has 0 saturated carbocycles. The molecule has 1 aromatic carbocycles. The van der Waals surface area contributed by atoms with Gasteiger partial charge >= 0.3 is 0 Å². The summed E-state index contributed by atoms with van der Waals surface area (Å²) in [5.74, 6) is 0.729. The van der Waals surface area contributed by atoms with E-state index in [1.807, 2.05) is 7.05 Å². The molecule has 4 heteroatoms. The number of nitrogen functional groups attached to an aromatic ring is 1. The minimum absolute atomic E-state index is 0.241. The van der Waals surface area contributed by atoms with E-state index >= 15 is 0 Å². The van der Waals surface area contributed by atoms with Gasteiger partial charge in [0.05, 0.1) is 5.69 Å². The molecule has 0 bridgehead atoms. The standard InChI is InChI=1S/C15H20FN3/c1-4-5-10(2)14-13(15(17)19(3)18-14)11-6-8-12(16)9-7-11/h6-10H,4-5,17H2,1-3H3. The van der Waals surface area contributed by atoms with Crippen LogP contribution in [0.4, 0.5) is 10.2 Å². The molecule has 0 radical (unpaired) electrons. The van der Waals surface area contributed by atoms with Crippen LogP contribution in [0.1, 0.15) is 38.3 Å². The summed E-state index contributed by atoms with van der Waals surface area (Å²) in [4.78, 5) is 0. The predicted molar refractivity (Wildman–Crippen MR) is 76.3 cm³/mol. The average molecular weight is 261 g/mol. The molecule has 0 amide bonds. The Morgan fingerprint density at radius 3 is 2.53 bits per heavy atom. The molecule has 1 aromatic heterocycles. The van der Waals surface area contributed by atoms with Crippen molar-refractivity contribution >= 4 is 5.82 Å². The van der Waals surface area contributed by atoms with Crippen LogP contribution in [0.2, 0.25) is 0 Å². The van der Waals surface area contributed by atoms with Gasteiger partial charge in [-0.1, -0.05) is 32.4 Å². The largest absolute Gasteiger partial charge is 0.383 e. The fourth-order valence-corrected chi connectivity index (χ4v) is 2.39. The molecule has 2 aromatic rings. The Morgan fingerprint density at radius 1 is 1.32 bits per heavy atom. The summed E-state index contributed by atoms with van der Waals surface area (Å²) in [6, 6.07) is 6.42. The minimum atomic E-state index is -0.241. The Kier molecular flexibility index (Phi) is 3.88. The van der Waals surface area contributed by atoms with E-state index in [0.29, 0.717) is 11.7 Å². The summed E-state index contributed by atoms with van der Waals surface area (Å²) < 4.78 is 14.7. The lowest BCUT2D eigenvalue weighted by Crippen LogP contribution is -1.98. The number of nitrogens with zero attached hydrogens (tertiary/aromatic N) is 2. The second-order valence-electron chi connectivity index (χ2n) is 4.97. The summed E-state index contributed by atoms with van der Waals surface area (Å²) in [5, 5.41) is 4.53. The first-order valence-electron chi connectivity index (χ1n) is 6.62. The molecule has 1 heterocycles. The van der Waals surface area contributed by atoms with Crippen molar-refractivity contribution in [3.05, 3.63) is 35.8 Å². The molecule has 0 aliphatic heterocycles. The van der Waals surface area contributed by atoms with Crippen molar-refractivity contribution in [2.24, 2.45) is 7.05 Å². The molecule has 1 unspecified atom stereocenters. The van der Waals surface area contributed by atoms with Gasteiger partial charge in [0.2, 0.25) is 0 Å². The van der Waals surface area contributed by atoms with Crippen LogP contribution in [0.5, 0.6) is 0 Å². The first kappa shape index (κ1) is 13.6. The van der Waals surface area contributed by atoms with E-state index in [2.05, 4.69) is 18.9 Å². The van der Waals surface area contributed by atoms with Crippen LogP contribution in [0, 0.1) is 5.82 Å². The van der Waals surface area contributed by atoms with Gasteiger partial charge in [-0.15, -0.1) is 0 Å². The van der Waals surface area contributed by atoms with Crippen LogP contribution < -0.4 is 5.73 Å². The van der Waals surface area contributed by atoms with Crippen LogP contribution in [0.25, 0.3) is 11.1 Å². The molecule has 3 nitrogen and oxygen atoms in total. The summed E-state index contributed by atoms with van der Waals surface area (Å²) in [7, 11) is 1.84. The molecule has 0 aliphatic rings. The lowest BCUT2D eigenvalue weighted by atomic mass is 9.95. The van der Waals surface area contributed by atoms with Crippen LogP contribution in [-0.4, -0.2) is 9.78 Å². The number of rotatable bonds is 4. The SMILES string of the molecule is CCCC(C)c1nn(C)c(N)c1-c1ccc(F)cc1. The molecular formula is C15H20FN3. The number of aromatic nitrogens is 2. The smallest absolute Gasteiger partial charge is 0.129 e. The second-order valence-corrected chi connectivity index (χ2v) is 4.97. The van der Waals surface area contributed by atoms with Gasteiger partial charge in [0.15, 0.2) is 0 Å². The quantitative estimate of drug-likeness (QED) is 0.911. The van der Waals surface area contributed by atoms with E-state index in [-0.39, 0.29) is 5.82 Å². The van der Waals surface area contributed by atoms with Gasteiger partial charge in [-0.25, -0.2) is 4.39 Å². The van der Waals surface area contributed by atoms with Gasteiger partial charge in [0, 0.05) is 18.5 Å². The Labute approximate surface area is 113 Å².